The van der Waals surface area contributed by atoms with Crippen molar-refractivity contribution in [2.24, 2.45) is 10.9 Å². The number of hydrogen-bond acceptors (Lipinski definition) is 2. The monoisotopic (exact) mass is 295 g/mol. The summed E-state index contributed by atoms with van der Waals surface area (Å²) in [5, 5.41) is 9.82. The second-order valence-corrected chi connectivity index (χ2v) is 5.57. The van der Waals surface area contributed by atoms with Gasteiger partial charge in [0.25, 0.3) is 0 Å². The molecule has 0 bridgehead atoms. The van der Waals surface area contributed by atoms with Crippen molar-refractivity contribution in [3.05, 3.63) is 34.3 Å². The van der Waals surface area contributed by atoms with E-state index in [0.717, 1.165) is 35.8 Å². The molecular formula is C14H18BrNO. The molecule has 1 aromatic rings. The quantitative estimate of drug-likeness (QED) is 0.852. The van der Waals surface area contributed by atoms with Crippen LogP contribution in [0.25, 0.3) is 0 Å². The first kappa shape index (κ1) is 12.8. The van der Waals surface area contributed by atoms with Gasteiger partial charge in [-0.3, -0.25) is 4.99 Å². The molecule has 0 aromatic heterocycles. The molecule has 3 heteroatoms. The third-order valence-electron chi connectivity index (χ3n) is 3.32. The molecular weight excluding hydrogens is 278 g/mol. The average molecular weight is 296 g/mol. The predicted octanol–water partition coefficient (Wildman–Crippen LogP) is 3.42. The fraction of sp³-hybridized carbons (Fsp3) is 0.500. The summed E-state index contributed by atoms with van der Waals surface area (Å²) in [6, 6.07) is 8.09. The Morgan fingerprint density at radius 2 is 1.94 bits per heavy atom. The molecule has 0 heterocycles. The summed E-state index contributed by atoms with van der Waals surface area (Å²) in [4.78, 5) is 4.45. The SMILES string of the molecule is O[C@H]1CCCC[C@@H]1CN=Cc1ccc(Br)cc1. The van der Waals surface area contributed by atoms with E-state index in [4.69, 9.17) is 0 Å². The first-order valence-electron chi connectivity index (χ1n) is 6.19. The summed E-state index contributed by atoms with van der Waals surface area (Å²) >= 11 is 3.41. The summed E-state index contributed by atoms with van der Waals surface area (Å²) in [5.74, 6) is 0.357. The minimum Gasteiger partial charge on any atom is -0.393 e. The van der Waals surface area contributed by atoms with E-state index < -0.39 is 0 Å². The van der Waals surface area contributed by atoms with Crippen LogP contribution in [0.2, 0.25) is 0 Å². The van der Waals surface area contributed by atoms with Crippen LogP contribution in [0.3, 0.4) is 0 Å². The van der Waals surface area contributed by atoms with Crippen LogP contribution in [0.5, 0.6) is 0 Å². The zero-order valence-corrected chi connectivity index (χ0v) is 11.4. The van der Waals surface area contributed by atoms with E-state index in [1.54, 1.807) is 0 Å². The third-order valence-corrected chi connectivity index (χ3v) is 3.85. The maximum Gasteiger partial charge on any atom is 0.0586 e. The van der Waals surface area contributed by atoms with Gasteiger partial charge in [0.15, 0.2) is 0 Å². The van der Waals surface area contributed by atoms with Gasteiger partial charge < -0.3 is 5.11 Å². The lowest BCUT2D eigenvalue weighted by molar-refractivity contribution is 0.0746. The van der Waals surface area contributed by atoms with Gasteiger partial charge in [0.1, 0.15) is 0 Å². The number of benzene rings is 1. The molecule has 1 aliphatic carbocycles. The normalized spacial score (nSPS) is 25.3. The Bertz CT molecular complexity index is 374. The van der Waals surface area contributed by atoms with Crippen molar-refractivity contribution in [3.8, 4) is 0 Å². The van der Waals surface area contributed by atoms with Gasteiger partial charge in [0.2, 0.25) is 0 Å². The number of aliphatic hydroxyl groups is 1. The van der Waals surface area contributed by atoms with Gasteiger partial charge in [-0.25, -0.2) is 0 Å². The molecule has 0 saturated heterocycles. The fourth-order valence-electron chi connectivity index (χ4n) is 2.24. The first-order valence-corrected chi connectivity index (χ1v) is 6.98. The minimum absolute atomic E-state index is 0.147. The maximum absolute atomic E-state index is 9.82. The number of hydrogen-bond donors (Lipinski definition) is 1. The van der Waals surface area contributed by atoms with Crippen LogP contribution in [-0.4, -0.2) is 24.0 Å². The highest BCUT2D eigenvalue weighted by molar-refractivity contribution is 9.10. The molecule has 1 fully saturated rings. The average Bonchev–Trinajstić information content (AvgIpc) is 2.34. The molecule has 1 N–H and O–H groups in total. The summed E-state index contributed by atoms with van der Waals surface area (Å²) in [7, 11) is 0. The molecule has 1 aromatic carbocycles. The molecule has 1 saturated carbocycles. The number of aliphatic imine (C=N–C) groups is 1. The van der Waals surface area contributed by atoms with E-state index in [9.17, 15) is 5.11 Å². The molecule has 2 nitrogen and oxygen atoms in total. The highest BCUT2D eigenvalue weighted by Crippen LogP contribution is 2.24. The number of halogens is 1. The van der Waals surface area contributed by atoms with E-state index in [-0.39, 0.29) is 6.10 Å². The van der Waals surface area contributed by atoms with Crippen LogP contribution in [0.4, 0.5) is 0 Å². The lowest BCUT2D eigenvalue weighted by atomic mass is 9.87. The van der Waals surface area contributed by atoms with Crippen LogP contribution in [0, 0.1) is 5.92 Å². The Balaban J connectivity index is 1.86. The Labute approximate surface area is 111 Å². The van der Waals surface area contributed by atoms with E-state index in [2.05, 4.69) is 20.9 Å². The van der Waals surface area contributed by atoms with E-state index in [1.165, 1.54) is 6.42 Å². The number of rotatable bonds is 3. The highest BCUT2D eigenvalue weighted by Gasteiger charge is 2.21. The van der Waals surface area contributed by atoms with Crippen LogP contribution >= 0.6 is 15.9 Å². The lowest BCUT2D eigenvalue weighted by Gasteiger charge is -2.25. The van der Waals surface area contributed by atoms with Gasteiger partial charge in [0.05, 0.1) is 6.10 Å². The molecule has 1 aliphatic rings. The minimum atomic E-state index is -0.147. The largest absolute Gasteiger partial charge is 0.393 e. The molecule has 17 heavy (non-hydrogen) atoms. The van der Waals surface area contributed by atoms with Crippen molar-refractivity contribution in [2.45, 2.75) is 31.8 Å². The Morgan fingerprint density at radius 3 is 2.65 bits per heavy atom. The van der Waals surface area contributed by atoms with E-state index in [1.807, 2.05) is 30.5 Å². The molecule has 0 spiro atoms. The van der Waals surface area contributed by atoms with Crippen molar-refractivity contribution in [2.75, 3.05) is 6.54 Å². The third kappa shape index (κ3) is 3.93. The molecule has 2 rings (SSSR count). The van der Waals surface area contributed by atoms with Crippen molar-refractivity contribution >= 4 is 22.1 Å². The predicted molar refractivity (Wildman–Crippen MR) is 74.6 cm³/mol. The maximum atomic E-state index is 9.82. The standard InChI is InChI=1S/C14H18BrNO/c15-13-7-5-11(6-8-13)9-16-10-12-3-1-2-4-14(12)17/h5-9,12,14,17H,1-4,10H2/t12-,14+/m1/s1. The van der Waals surface area contributed by atoms with Crippen molar-refractivity contribution in [1.29, 1.82) is 0 Å². The highest BCUT2D eigenvalue weighted by atomic mass is 79.9. The molecule has 2 atom stereocenters. The Hall–Kier alpha value is -0.670. The summed E-state index contributed by atoms with van der Waals surface area (Å²) < 4.78 is 1.08. The second-order valence-electron chi connectivity index (χ2n) is 4.66. The van der Waals surface area contributed by atoms with Gasteiger partial charge >= 0.3 is 0 Å². The summed E-state index contributed by atoms with van der Waals surface area (Å²) in [6.07, 6.45) is 6.19. The molecule has 0 radical (unpaired) electrons. The Morgan fingerprint density at radius 1 is 1.24 bits per heavy atom. The Kier molecular flexibility index (Phi) is 4.75. The van der Waals surface area contributed by atoms with Gasteiger partial charge in [-0.1, -0.05) is 40.9 Å². The van der Waals surface area contributed by atoms with Crippen LogP contribution in [0.1, 0.15) is 31.2 Å². The van der Waals surface area contributed by atoms with Gasteiger partial charge in [0, 0.05) is 23.1 Å². The molecule has 92 valence electrons. The first-order chi connectivity index (χ1) is 8.25. The van der Waals surface area contributed by atoms with Crippen LogP contribution in [0.15, 0.2) is 33.7 Å². The van der Waals surface area contributed by atoms with Gasteiger partial charge in [-0.05, 0) is 30.5 Å². The molecule has 0 amide bonds. The van der Waals surface area contributed by atoms with E-state index in [0.29, 0.717) is 5.92 Å². The van der Waals surface area contributed by atoms with Crippen molar-refractivity contribution in [3.63, 3.8) is 0 Å². The summed E-state index contributed by atoms with van der Waals surface area (Å²) in [5.41, 5.74) is 1.11. The van der Waals surface area contributed by atoms with E-state index >= 15 is 0 Å². The smallest absolute Gasteiger partial charge is 0.0586 e. The molecule has 0 aliphatic heterocycles. The van der Waals surface area contributed by atoms with Crippen molar-refractivity contribution < 1.29 is 5.11 Å². The zero-order valence-electron chi connectivity index (χ0n) is 9.85. The molecule has 0 unspecified atom stereocenters. The second kappa shape index (κ2) is 6.31. The topological polar surface area (TPSA) is 32.6 Å². The van der Waals surface area contributed by atoms with Crippen LogP contribution < -0.4 is 0 Å². The summed E-state index contributed by atoms with van der Waals surface area (Å²) in [6.45, 7) is 0.747. The number of nitrogens with zero attached hydrogens (tertiary/aromatic N) is 1. The number of aliphatic hydroxyl groups excluding tert-OH is 1. The van der Waals surface area contributed by atoms with Gasteiger partial charge in [-0.2, -0.15) is 0 Å². The lowest BCUT2D eigenvalue weighted by Crippen LogP contribution is -2.26. The zero-order chi connectivity index (χ0) is 12.1. The van der Waals surface area contributed by atoms with Gasteiger partial charge in [-0.15, -0.1) is 0 Å². The van der Waals surface area contributed by atoms with Crippen molar-refractivity contribution in [1.82, 2.24) is 0 Å². The fourth-order valence-corrected chi connectivity index (χ4v) is 2.51. The van der Waals surface area contributed by atoms with Crippen LogP contribution in [-0.2, 0) is 0 Å².